The Kier molecular flexibility index (Phi) is 7.48. The van der Waals surface area contributed by atoms with E-state index in [1.807, 2.05) is 0 Å². The zero-order chi connectivity index (χ0) is 21.8. The molecule has 3 atom stereocenters. The number of hydrogen-bond donors (Lipinski definition) is 1. The van der Waals surface area contributed by atoms with E-state index in [1.54, 1.807) is 32.6 Å². The van der Waals surface area contributed by atoms with E-state index in [0.717, 1.165) is 12.8 Å². The number of carbonyl (C=O) groups is 4. The summed E-state index contributed by atoms with van der Waals surface area (Å²) >= 11 is 0. The Balaban J connectivity index is 2.11. The van der Waals surface area contributed by atoms with Gasteiger partial charge in [-0.25, -0.2) is 4.79 Å². The summed E-state index contributed by atoms with van der Waals surface area (Å²) in [6.45, 7) is 9.79. The molecule has 0 bridgehead atoms. The Bertz CT molecular complexity index is 639. The lowest BCUT2D eigenvalue weighted by Crippen LogP contribution is -2.58. The van der Waals surface area contributed by atoms with Crippen molar-refractivity contribution in [3.05, 3.63) is 0 Å². The van der Waals surface area contributed by atoms with Crippen LogP contribution < -0.4 is 5.32 Å². The molecule has 29 heavy (non-hydrogen) atoms. The Labute approximate surface area is 172 Å². The molecule has 2 fully saturated rings. The van der Waals surface area contributed by atoms with Gasteiger partial charge in [0, 0.05) is 26.6 Å². The largest absolute Gasteiger partial charge is 0.460 e. The van der Waals surface area contributed by atoms with Crippen molar-refractivity contribution in [1.82, 2.24) is 15.1 Å². The second-order valence-corrected chi connectivity index (χ2v) is 8.66. The normalized spacial score (nSPS) is 21.5. The molecule has 0 spiro atoms. The number of nitrogens with one attached hydrogen (secondary N) is 1. The predicted molar refractivity (Wildman–Crippen MR) is 105 cm³/mol. The van der Waals surface area contributed by atoms with Crippen molar-refractivity contribution in [1.29, 1.82) is 0 Å². The van der Waals surface area contributed by atoms with Crippen molar-refractivity contribution >= 4 is 23.9 Å². The standard InChI is InChI=1S/C20H33N3O6/c1-13(28-14(2)24)16(18(26)22-10-6-7-11-22)21-17(25)15-9-8-12-23(15)19(27)29-20(3,4)5/h13,15-16H,6-12H2,1-5H3,(H,21,25)/t13-,15?,16+/m1/s1. The molecule has 0 aromatic rings. The average Bonchev–Trinajstić information content (AvgIpc) is 3.27. The zero-order valence-electron chi connectivity index (χ0n) is 18.0. The SMILES string of the molecule is CC(=O)O[C@H](C)[C@H](NC(=O)C1CCCN1C(=O)OC(C)(C)C)C(=O)N1CCCC1. The lowest BCUT2D eigenvalue weighted by atomic mass is 10.1. The van der Waals surface area contributed by atoms with Crippen molar-refractivity contribution in [2.45, 2.75) is 84.1 Å². The third-order valence-corrected chi connectivity index (χ3v) is 4.99. The van der Waals surface area contributed by atoms with Crippen molar-refractivity contribution < 1.29 is 28.7 Å². The molecule has 9 nitrogen and oxygen atoms in total. The Morgan fingerprint density at radius 2 is 1.66 bits per heavy atom. The fourth-order valence-corrected chi connectivity index (χ4v) is 3.67. The number of hydrogen-bond acceptors (Lipinski definition) is 6. The first-order chi connectivity index (χ1) is 13.5. The van der Waals surface area contributed by atoms with Crippen LogP contribution in [0, 0.1) is 0 Å². The monoisotopic (exact) mass is 411 g/mol. The van der Waals surface area contributed by atoms with E-state index < -0.39 is 41.8 Å². The highest BCUT2D eigenvalue weighted by Gasteiger charge is 2.40. The van der Waals surface area contributed by atoms with Crippen LogP contribution in [-0.4, -0.2) is 77.1 Å². The van der Waals surface area contributed by atoms with Gasteiger partial charge in [-0.1, -0.05) is 0 Å². The Morgan fingerprint density at radius 1 is 1.03 bits per heavy atom. The number of amides is 3. The molecule has 0 aromatic carbocycles. The minimum Gasteiger partial charge on any atom is -0.460 e. The van der Waals surface area contributed by atoms with Crippen LogP contribution in [0.1, 0.15) is 60.3 Å². The molecule has 3 amide bonds. The van der Waals surface area contributed by atoms with Crippen molar-refractivity contribution in [2.75, 3.05) is 19.6 Å². The summed E-state index contributed by atoms with van der Waals surface area (Å²) in [4.78, 5) is 52.8. The lowest BCUT2D eigenvalue weighted by molar-refractivity contribution is -0.152. The number of esters is 1. The third kappa shape index (κ3) is 6.33. The molecule has 0 radical (unpaired) electrons. The highest BCUT2D eigenvalue weighted by molar-refractivity contribution is 5.92. The van der Waals surface area contributed by atoms with Gasteiger partial charge in [0.25, 0.3) is 0 Å². The third-order valence-electron chi connectivity index (χ3n) is 4.99. The maximum Gasteiger partial charge on any atom is 0.410 e. The molecule has 2 aliphatic rings. The van der Waals surface area contributed by atoms with E-state index in [9.17, 15) is 19.2 Å². The van der Waals surface area contributed by atoms with E-state index >= 15 is 0 Å². The van der Waals surface area contributed by atoms with Crippen LogP contribution in [-0.2, 0) is 23.9 Å². The van der Waals surface area contributed by atoms with E-state index in [4.69, 9.17) is 9.47 Å². The fourth-order valence-electron chi connectivity index (χ4n) is 3.67. The Morgan fingerprint density at radius 3 is 2.21 bits per heavy atom. The molecule has 0 saturated carbocycles. The van der Waals surface area contributed by atoms with Gasteiger partial charge in [-0.05, 0) is 53.4 Å². The molecule has 2 rings (SSSR count). The highest BCUT2D eigenvalue weighted by atomic mass is 16.6. The van der Waals surface area contributed by atoms with Gasteiger partial charge in [-0.2, -0.15) is 0 Å². The second kappa shape index (κ2) is 9.45. The fraction of sp³-hybridized carbons (Fsp3) is 0.800. The first-order valence-electron chi connectivity index (χ1n) is 10.3. The van der Waals surface area contributed by atoms with Gasteiger partial charge < -0.3 is 19.7 Å². The summed E-state index contributed by atoms with van der Waals surface area (Å²) in [6, 6.07) is -1.71. The second-order valence-electron chi connectivity index (χ2n) is 8.66. The number of likely N-dealkylation sites (tertiary alicyclic amines) is 2. The topological polar surface area (TPSA) is 105 Å². The van der Waals surface area contributed by atoms with Crippen LogP contribution >= 0.6 is 0 Å². The molecule has 2 saturated heterocycles. The van der Waals surface area contributed by atoms with Crippen LogP contribution in [0.4, 0.5) is 4.79 Å². The lowest BCUT2D eigenvalue weighted by Gasteiger charge is -2.31. The molecule has 164 valence electrons. The predicted octanol–water partition coefficient (Wildman–Crippen LogP) is 1.44. The first kappa shape index (κ1) is 23.0. The molecule has 9 heteroatoms. The summed E-state index contributed by atoms with van der Waals surface area (Å²) in [5.74, 6) is -1.24. The molecule has 2 aliphatic heterocycles. The molecule has 1 unspecified atom stereocenters. The van der Waals surface area contributed by atoms with Gasteiger partial charge in [-0.3, -0.25) is 19.3 Å². The molecule has 0 aliphatic carbocycles. The van der Waals surface area contributed by atoms with Gasteiger partial charge in [0.1, 0.15) is 23.8 Å². The number of nitrogens with zero attached hydrogens (tertiary/aromatic N) is 2. The maximum absolute atomic E-state index is 13.0. The van der Waals surface area contributed by atoms with Gasteiger partial charge in [0.15, 0.2) is 0 Å². The van der Waals surface area contributed by atoms with Gasteiger partial charge in [0.05, 0.1) is 0 Å². The molecule has 0 aromatic heterocycles. The summed E-state index contributed by atoms with van der Waals surface area (Å²) in [6.07, 6.45) is 1.60. The van der Waals surface area contributed by atoms with E-state index in [-0.39, 0.29) is 5.91 Å². The van der Waals surface area contributed by atoms with Gasteiger partial charge >= 0.3 is 12.1 Å². The maximum atomic E-state index is 13.0. The zero-order valence-corrected chi connectivity index (χ0v) is 18.0. The van der Waals surface area contributed by atoms with Crippen LogP contribution in [0.25, 0.3) is 0 Å². The summed E-state index contributed by atoms with van der Waals surface area (Å²) in [7, 11) is 0. The average molecular weight is 411 g/mol. The van der Waals surface area contributed by atoms with E-state index in [1.165, 1.54) is 11.8 Å². The minimum atomic E-state index is -0.995. The molecular formula is C20H33N3O6. The van der Waals surface area contributed by atoms with E-state index in [2.05, 4.69) is 5.32 Å². The minimum absolute atomic E-state index is 0.272. The number of ether oxygens (including phenoxy) is 2. The van der Waals surface area contributed by atoms with Crippen LogP contribution in [0.15, 0.2) is 0 Å². The highest BCUT2D eigenvalue weighted by Crippen LogP contribution is 2.22. The van der Waals surface area contributed by atoms with Crippen molar-refractivity contribution in [3.63, 3.8) is 0 Å². The summed E-state index contributed by atoms with van der Waals surface area (Å²) in [5, 5.41) is 2.73. The first-order valence-corrected chi connectivity index (χ1v) is 10.3. The molecule has 2 heterocycles. The molecule has 1 N–H and O–H groups in total. The van der Waals surface area contributed by atoms with Crippen LogP contribution in [0.2, 0.25) is 0 Å². The number of carbonyl (C=O) groups excluding carboxylic acids is 4. The quantitative estimate of drug-likeness (QED) is 0.687. The summed E-state index contributed by atoms with van der Waals surface area (Å²) < 4.78 is 10.6. The van der Waals surface area contributed by atoms with Gasteiger partial charge in [0.2, 0.25) is 11.8 Å². The Hall–Kier alpha value is -2.32. The van der Waals surface area contributed by atoms with E-state index in [0.29, 0.717) is 32.5 Å². The molecular weight excluding hydrogens is 378 g/mol. The van der Waals surface area contributed by atoms with Crippen molar-refractivity contribution in [2.24, 2.45) is 0 Å². The van der Waals surface area contributed by atoms with Crippen LogP contribution in [0.3, 0.4) is 0 Å². The smallest absolute Gasteiger partial charge is 0.410 e. The van der Waals surface area contributed by atoms with Crippen molar-refractivity contribution in [3.8, 4) is 0 Å². The van der Waals surface area contributed by atoms with Gasteiger partial charge in [-0.15, -0.1) is 0 Å². The number of rotatable bonds is 5. The summed E-state index contributed by atoms with van der Waals surface area (Å²) in [5.41, 5.74) is -0.668. The van der Waals surface area contributed by atoms with Crippen LogP contribution in [0.5, 0.6) is 0 Å².